The fourth-order valence-corrected chi connectivity index (χ4v) is 5.69. The van der Waals surface area contributed by atoms with Crippen LogP contribution >= 0.6 is 23.2 Å². The van der Waals surface area contributed by atoms with Crippen LogP contribution in [0.1, 0.15) is 79.2 Å². The second-order valence-corrected chi connectivity index (χ2v) is 13.3. The Morgan fingerprint density at radius 1 is 0.826 bits per heavy atom. The van der Waals surface area contributed by atoms with Crippen molar-refractivity contribution >= 4 is 39.6 Å². The molecule has 0 bridgehead atoms. The van der Waals surface area contributed by atoms with Crippen molar-refractivity contribution in [2.75, 3.05) is 0 Å². The summed E-state index contributed by atoms with van der Waals surface area (Å²) in [7, 11) is -3.11. The average Bonchev–Trinajstić information content (AvgIpc) is 3.50. The van der Waals surface area contributed by atoms with E-state index in [1.165, 1.54) is 11.1 Å². The maximum Gasteiger partial charge on any atom is 0.425 e. The van der Waals surface area contributed by atoms with E-state index in [2.05, 4.69) is 62.3 Å². The third-order valence-corrected chi connectivity index (χ3v) is 8.22. The number of hydrogen-bond donors (Lipinski definition) is 0. The standard InChI is InChI=1S/C37H35Cl2NO2.O3S/c1-5-6-35(41)27-9-7-24(8-10-27)21-32(26-15-17-29(18-16-26)37(2,3)4)34-23-36(42-40-34)28-13-11-25(12-14-28)31-20-19-30(38)22-33(31)39;1-4(2)3/h7-20,22-23,32H,5-6,21H2,1-4H3;. The Hall–Kier alpha value is -4.04. The first-order valence-corrected chi connectivity index (χ1v) is 16.6. The van der Waals surface area contributed by atoms with Gasteiger partial charge in [0.2, 0.25) is 0 Å². The van der Waals surface area contributed by atoms with E-state index in [-0.39, 0.29) is 17.1 Å². The normalized spacial score (nSPS) is 11.8. The molecule has 5 aromatic rings. The summed E-state index contributed by atoms with van der Waals surface area (Å²) in [5, 5.41) is 5.77. The zero-order valence-electron chi connectivity index (χ0n) is 26.1. The number of carbonyl (C=O) groups excluding carboxylic acids is 1. The number of rotatable bonds is 9. The summed E-state index contributed by atoms with van der Waals surface area (Å²) in [6.45, 7) is 8.68. The second kappa shape index (κ2) is 15.5. The lowest BCUT2D eigenvalue weighted by Gasteiger charge is -2.21. The molecule has 0 saturated carbocycles. The second-order valence-electron chi connectivity index (χ2n) is 12.0. The van der Waals surface area contributed by atoms with Gasteiger partial charge in [0, 0.05) is 45.1 Å². The minimum Gasteiger partial charge on any atom is -0.356 e. The molecular formula is C37H35Cl2NO5S. The van der Waals surface area contributed by atoms with Gasteiger partial charge in [-0.3, -0.25) is 4.79 Å². The van der Waals surface area contributed by atoms with Gasteiger partial charge in [0.25, 0.3) is 0 Å². The van der Waals surface area contributed by atoms with Crippen LogP contribution in [0.15, 0.2) is 102 Å². The van der Waals surface area contributed by atoms with Gasteiger partial charge in [0.1, 0.15) is 0 Å². The molecule has 0 aliphatic carbocycles. The Balaban J connectivity index is 0.00000113. The van der Waals surface area contributed by atoms with Crippen LogP contribution in [0.25, 0.3) is 22.5 Å². The summed E-state index contributed by atoms with van der Waals surface area (Å²) in [4.78, 5) is 12.4. The molecule has 0 saturated heterocycles. The lowest BCUT2D eigenvalue weighted by Crippen LogP contribution is -2.12. The summed E-state index contributed by atoms with van der Waals surface area (Å²) in [5.74, 6) is 0.875. The van der Waals surface area contributed by atoms with Crippen molar-refractivity contribution in [1.29, 1.82) is 0 Å². The molecule has 6 nitrogen and oxygen atoms in total. The van der Waals surface area contributed by atoms with E-state index in [4.69, 9.17) is 40.4 Å². The maximum absolute atomic E-state index is 12.4. The van der Waals surface area contributed by atoms with E-state index in [0.29, 0.717) is 22.2 Å². The molecule has 5 rings (SSSR count). The monoisotopic (exact) mass is 675 g/mol. The van der Waals surface area contributed by atoms with Gasteiger partial charge in [0.15, 0.2) is 11.5 Å². The Labute approximate surface area is 281 Å². The average molecular weight is 677 g/mol. The largest absolute Gasteiger partial charge is 0.425 e. The number of aromatic nitrogens is 1. The van der Waals surface area contributed by atoms with Crippen molar-refractivity contribution in [2.24, 2.45) is 0 Å². The van der Waals surface area contributed by atoms with Crippen molar-refractivity contribution in [3.8, 4) is 22.5 Å². The zero-order chi connectivity index (χ0) is 33.4. The quantitative estimate of drug-likeness (QED) is 0.144. The fraction of sp³-hybridized carbons (Fsp3) is 0.243. The SMILES string of the molecule is CCCC(=O)c1ccc(CC(c2ccc(C(C)(C)C)cc2)c2cc(-c3ccc(-c4ccc(Cl)cc4Cl)cc3)on2)cc1.O=S(=O)=O. The highest BCUT2D eigenvalue weighted by Crippen LogP contribution is 2.35. The third-order valence-electron chi connectivity index (χ3n) is 7.67. The van der Waals surface area contributed by atoms with Crippen molar-refractivity contribution in [2.45, 2.75) is 58.3 Å². The van der Waals surface area contributed by atoms with Gasteiger partial charge >= 0.3 is 10.6 Å². The number of carbonyl (C=O) groups is 1. The van der Waals surface area contributed by atoms with Crippen LogP contribution in [0.4, 0.5) is 0 Å². The predicted octanol–water partition coefficient (Wildman–Crippen LogP) is 9.97. The molecule has 238 valence electrons. The number of Topliss-reactive ketones (excluding diaryl/α,β-unsaturated/α-hetero) is 1. The Bertz CT molecular complexity index is 1890. The van der Waals surface area contributed by atoms with E-state index in [9.17, 15) is 4.79 Å². The van der Waals surface area contributed by atoms with Crippen LogP contribution in [0.5, 0.6) is 0 Å². The number of hydrogen-bond acceptors (Lipinski definition) is 6. The molecule has 9 heteroatoms. The topological polar surface area (TPSA) is 94.3 Å². The molecule has 0 fully saturated rings. The molecular weight excluding hydrogens is 641 g/mol. The van der Waals surface area contributed by atoms with Gasteiger partial charge in [0.05, 0.1) is 5.69 Å². The molecule has 1 atom stereocenters. The molecule has 0 aliphatic heterocycles. The molecule has 1 unspecified atom stereocenters. The van der Waals surface area contributed by atoms with Gasteiger partial charge in [-0.05, 0) is 52.6 Å². The van der Waals surface area contributed by atoms with Crippen LogP contribution in [0, 0.1) is 0 Å². The van der Waals surface area contributed by atoms with Crippen LogP contribution in [0.3, 0.4) is 0 Å². The number of benzene rings is 4. The molecule has 46 heavy (non-hydrogen) atoms. The van der Waals surface area contributed by atoms with E-state index in [1.807, 2.05) is 61.5 Å². The molecule has 0 N–H and O–H groups in total. The minimum atomic E-state index is -3.11. The Morgan fingerprint density at radius 3 is 2.00 bits per heavy atom. The summed E-state index contributed by atoms with van der Waals surface area (Å²) < 4.78 is 31.2. The molecule has 0 aliphatic rings. The van der Waals surface area contributed by atoms with Gasteiger partial charge in [-0.1, -0.05) is 135 Å². The molecule has 0 radical (unpaired) electrons. The van der Waals surface area contributed by atoms with E-state index < -0.39 is 10.6 Å². The molecule has 1 heterocycles. The van der Waals surface area contributed by atoms with Crippen molar-refractivity contribution in [3.05, 3.63) is 135 Å². The first kappa shape index (κ1) is 34.8. The lowest BCUT2D eigenvalue weighted by molar-refractivity contribution is 0.0981. The van der Waals surface area contributed by atoms with Crippen molar-refractivity contribution < 1.29 is 21.9 Å². The van der Waals surface area contributed by atoms with E-state index in [1.54, 1.807) is 6.07 Å². The highest BCUT2D eigenvalue weighted by atomic mass is 35.5. The van der Waals surface area contributed by atoms with Gasteiger partial charge in [-0.25, -0.2) is 0 Å². The number of ketones is 1. The molecule has 4 aromatic carbocycles. The van der Waals surface area contributed by atoms with Gasteiger partial charge in [-0.2, -0.15) is 0 Å². The summed E-state index contributed by atoms with van der Waals surface area (Å²) in [6.07, 6.45) is 2.15. The third kappa shape index (κ3) is 9.25. The maximum atomic E-state index is 12.4. The lowest BCUT2D eigenvalue weighted by atomic mass is 9.83. The number of halogens is 2. The Morgan fingerprint density at radius 2 is 1.43 bits per heavy atom. The molecule has 0 amide bonds. The zero-order valence-corrected chi connectivity index (χ0v) is 28.4. The van der Waals surface area contributed by atoms with Gasteiger partial charge in [-0.15, -0.1) is 12.6 Å². The molecule has 0 spiro atoms. The van der Waals surface area contributed by atoms with Crippen LogP contribution in [0.2, 0.25) is 10.0 Å². The summed E-state index contributed by atoms with van der Waals surface area (Å²) in [5.41, 5.74) is 8.14. The van der Waals surface area contributed by atoms with Crippen LogP contribution in [-0.2, 0) is 22.4 Å². The first-order chi connectivity index (χ1) is 21.8. The predicted molar refractivity (Wildman–Crippen MR) is 183 cm³/mol. The van der Waals surface area contributed by atoms with Gasteiger partial charge < -0.3 is 4.52 Å². The Kier molecular flexibility index (Phi) is 11.7. The van der Waals surface area contributed by atoms with Crippen molar-refractivity contribution in [1.82, 2.24) is 5.16 Å². The molecule has 1 aromatic heterocycles. The highest BCUT2D eigenvalue weighted by molar-refractivity contribution is 7.59. The highest BCUT2D eigenvalue weighted by Gasteiger charge is 2.22. The summed E-state index contributed by atoms with van der Waals surface area (Å²) in [6, 6.07) is 32.4. The van der Waals surface area contributed by atoms with E-state index in [0.717, 1.165) is 46.4 Å². The van der Waals surface area contributed by atoms with E-state index >= 15 is 0 Å². The van der Waals surface area contributed by atoms with Crippen LogP contribution < -0.4 is 0 Å². The number of nitrogens with zero attached hydrogens (tertiary/aromatic N) is 1. The van der Waals surface area contributed by atoms with Crippen molar-refractivity contribution in [3.63, 3.8) is 0 Å². The minimum absolute atomic E-state index is 0.0131. The first-order valence-electron chi connectivity index (χ1n) is 14.9. The van der Waals surface area contributed by atoms with Crippen LogP contribution in [-0.4, -0.2) is 23.6 Å². The smallest absolute Gasteiger partial charge is 0.356 e. The fourth-order valence-electron chi connectivity index (χ4n) is 5.17. The summed E-state index contributed by atoms with van der Waals surface area (Å²) >= 11 is 12.5.